The van der Waals surface area contributed by atoms with Crippen LogP contribution in [0.4, 0.5) is 0 Å². The van der Waals surface area contributed by atoms with Gasteiger partial charge in [-0.1, -0.05) is 28.5 Å². The smallest absolute Gasteiger partial charge is 0.0223 e. The van der Waals surface area contributed by atoms with Gasteiger partial charge in [-0.2, -0.15) is 0 Å². The van der Waals surface area contributed by atoms with Crippen molar-refractivity contribution < 1.29 is 0 Å². The molecule has 36 valence electrons. The highest BCUT2D eigenvalue weighted by molar-refractivity contribution is 9.05. The first-order chi connectivity index (χ1) is 2.91. The standard InChI is InChI=1S/C3H6S3/c1-2-3-5-6-4/h2,4H,1,3H2. The maximum absolute atomic E-state index is 3.89. The van der Waals surface area contributed by atoms with Gasteiger partial charge in [0.05, 0.1) is 0 Å². The van der Waals surface area contributed by atoms with Crippen molar-refractivity contribution in [3.05, 3.63) is 12.7 Å². The van der Waals surface area contributed by atoms with Crippen LogP contribution in [0.1, 0.15) is 0 Å². The second-order valence-electron chi connectivity index (χ2n) is 0.648. The van der Waals surface area contributed by atoms with Gasteiger partial charge >= 0.3 is 0 Å². The Balaban J connectivity index is 2.49. The molecule has 0 aromatic carbocycles. The van der Waals surface area contributed by atoms with E-state index in [1.54, 1.807) is 10.8 Å². The Hall–Kier alpha value is 0.790. The van der Waals surface area contributed by atoms with Crippen molar-refractivity contribution in [3.63, 3.8) is 0 Å². The van der Waals surface area contributed by atoms with Crippen LogP contribution in [0, 0.1) is 0 Å². The second kappa shape index (κ2) is 5.79. The quantitative estimate of drug-likeness (QED) is 0.275. The van der Waals surface area contributed by atoms with E-state index >= 15 is 0 Å². The van der Waals surface area contributed by atoms with E-state index in [-0.39, 0.29) is 0 Å². The van der Waals surface area contributed by atoms with E-state index in [0.717, 1.165) is 5.75 Å². The number of thiol groups is 1. The summed E-state index contributed by atoms with van der Waals surface area (Å²) in [5.74, 6) is 0.980. The predicted octanol–water partition coefficient (Wildman–Crippen LogP) is 2.40. The molecule has 0 heterocycles. The Kier molecular flexibility index (Phi) is 6.55. The summed E-state index contributed by atoms with van der Waals surface area (Å²) in [6, 6.07) is 0. The molecule has 0 aliphatic heterocycles. The maximum atomic E-state index is 3.89. The highest BCUT2D eigenvalue weighted by Crippen LogP contribution is 2.23. The summed E-state index contributed by atoms with van der Waals surface area (Å²) in [5.41, 5.74) is 0. The molecule has 0 bridgehead atoms. The van der Waals surface area contributed by atoms with Gasteiger partial charge in [0.25, 0.3) is 0 Å². The van der Waals surface area contributed by atoms with Crippen LogP contribution >= 0.6 is 32.3 Å². The van der Waals surface area contributed by atoms with Crippen LogP contribution in [-0.2, 0) is 0 Å². The molecule has 0 nitrogen and oxygen atoms in total. The summed E-state index contributed by atoms with van der Waals surface area (Å²) in [6.45, 7) is 3.53. The van der Waals surface area contributed by atoms with E-state index in [4.69, 9.17) is 0 Å². The van der Waals surface area contributed by atoms with Gasteiger partial charge < -0.3 is 0 Å². The van der Waals surface area contributed by atoms with Gasteiger partial charge in [0.2, 0.25) is 0 Å². The third-order valence-electron chi connectivity index (χ3n) is 0.239. The van der Waals surface area contributed by atoms with Crippen molar-refractivity contribution >= 4 is 32.3 Å². The fourth-order valence-electron chi connectivity index (χ4n) is 0.0785. The van der Waals surface area contributed by atoms with Gasteiger partial charge in [-0.3, -0.25) is 0 Å². The first-order valence-corrected chi connectivity index (χ1v) is 4.83. The van der Waals surface area contributed by atoms with Crippen LogP contribution < -0.4 is 0 Å². The SMILES string of the molecule is C=CCSSS. The molecule has 0 saturated heterocycles. The van der Waals surface area contributed by atoms with Crippen LogP contribution in [0.3, 0.4) is 0 Å². The Morgan fingerprint density at radius 3 is 2.67 bits per heavy atom. The lowest BCUT2D eigenvalue weighted by atomic mass is 10.8. The van der Waals surface area contributed by atoms with Crippen LogP contribution in [0.25, 0.3) is 0 Å². The number of hydrogen-bond acceptors (Lipinski definition) is 3. The summed E-state index contributed by atoms with van der Waals surface area (Å²) >= 11 is 3.89. The molecule has 0 fully saturated rings. The van der Waals surface area contributed by atoms with Crippen LogP contribution in [0.2, 0.25) is 0 Å². The van der Waals surface area contributed by atoms with Gasteiger partial charge in [0, 0.05) is 5.75 Å². The summed E-state index contributed by atoms with van der Waals surface area (Å²) in [6.07, 6.45) is 1.86. The number of hydrogen-bond donors (Lipinski definition) is 1. The summed E-state index contributed by atoms with van der Waals surface area (Å²) in [4.78, 5) is 0. The summed E-state index contributed by atoms with van der Waals surface area (Å²) in [5, 5.41) is 0. The normalized spacial score (nSPS) is 8.17. The molecule has 0 aromatic heterocycles. The Morgan fingerprint density at radius 2 is 2.50 bits per heavy atom. The molecule has 0 unspecified atom stereocenters. The molecule has 0 spiro atoms. The van der Waals surface area contributed by atoms with E-state index in [1.807, 2.05) is 6.08 Å². The fourth-order valence-corrected chi connectivity index (χ4v) is 1.25. The van der Waals surface area contributed by atoms with E-state index < -0.39 is 0 Å². The first kappa shape index (κ1) is 6.79. The molecule has 3 heteroatoms. The summed E-state index contributed by atoms with van der Waals surface area (Å²) in [7, 11) is 3.14. The Labute approximate surface area is 51.0 Å². The van der Waals surface area contributed by atoms with Crippen molar-refractivity contribution in [1.82, 2.24) is 0 Å². The Morgan fingerprint density at radius 1 is 1.83 bits per heavy atom. The molecule has 6 heavy (non-hydrogen) atoms. The highest BCUT2D eigenvalue weighted by Gasteiger charge is 1.72. The maximum Gasteiger partial charge on any atom is 0.0223 e. The predicted molar refractivity (Wildman–Crippen MR) is 39.2 cm³/mol. The monoisotopic (exact) mass is 138 g/mol. The van der Waals surface area contributed by atoms with E-state index in [2.05, 4.69) is 18.2 Å². The van der Waals surface area contributed by atoms with Gasteiger partial charge in [-0.25, -0.2) is 0 Å². The minimum Gasteiger partial charge on any atom is -0.102 e. The average molecular weight is 138 g/mol. The topological polar surface area (TPSA) is 0 Å². The van der Waals surface area contributed by atoms with Crippen molar-refractivity contribution in [2.75, 3.05) is 5.75 Å². The van der Waals surface area contributed by atoms with Crippen LogP contribution in [-0.4, -0.2) is 5.75 Å². The van der Waals surface area contributed by atoms with Crippen molar-refractivity contribution in [3.8, 4) is 0 Å². The fraction of sp³-hybridized carbons (Fsp3) is 0.333. The van der Waals surface area contributed by atoms with Gasteiger partial charge in [0.15, 0.2) is 0 Å². The highest BCUT2D eigenvalue weighted by atomic mass is 33.5. The zero-order valence-electron chi connectivity index (χ0n) is 3.26. The van der Waals surface area contributed by atoms with Gasteiger partial charge in [-0.15, -0.1) is 6.58 Å². The largest absolute Gasteiger partial charge is 0.102 e. The van der Waals surface area contributed by atoms with Crippen molar-refractivity contribution in [2.24, 2.45) is 0 Å². The molecule has 0 N–H and O–H groups in total. The third kappa shape index (κ3) is 4.79. The van der Waals surface area contributed by atoms with E-state index in [1.165, 1.54) is 9.83 Å². The lowest BCUT2D eigenvalue weighted by molar-refractivity contribution is 1.84. The van der Waals surface area contributed by atoms with E-state index in [9.17, 15) is 0 Å². The van der Waals surface area contributed by atoms with E-state index in [0.29, 0.717) is 0 Å². The molecule has 0 aliphatic carbocycles. The molecule has 0 saturated carbocycles. The molecule has 0 atom stereocenters. The minimum atomic E-state index is 0.980. The molecule has 0 aromatic rings. The lowest BCUT2D eigenvalue weighted by Crippen LogP contribution is -1.54. The minimum absolute atomic E-state index is 0.980. The summed E-state index contributed by atoms with van der Waals surface area (Å²) < 4.78 is 0. The number of rotatable bonds is 3. The van der Waals surface area contributed by atoms with Crippen molar-refractivity contribution in [1.29, 1.82) is 0 Å². The molecule has 0 radical (unpaired) electrons. The molecule has 0 rings (SSSR count). The average Bonchev–Trinajstić information content (AvgIpc) is 1.61. The van der Waals surface area contributed by atoms with Crippen LogP contribution in [0.15, 0.2) is 12.7 Å². The zero-order valence-corrected chi connectivity index (χ0v) is 5.78. The van der Waals surface area contributed by atoms with Crippen LogP contribution in [0.5, 0.6) is 0 Å². The molecule has 0 aliphatic rings. The second-order valence-corrected chi connectivity index (χ2v) is 3.86. The molecular weight excluding hydrogens is 132 g/mol. The first-order valence-electron chi connectivity index (χ1n) is 1.45. The van der Waals surface area contributed by atoms with Gasteiger partial charge in [0.1, 0.15) is 0 Å². The van der Waals surface area contributed by atoms with Crippen molar-refractivity contribution in [2.45, 2.75) is 0 Å². The van der Waals surface area contributed by atoms with Gasteiger partial charge in [-0.05, 0) is 9.83 Å². The zero-order chi connectivity index (χ0) is 4.83. The lowest BCUT2D eigenvalue weighted by Gasteiger charge is -1.80. The Bertz CT molecular complexity index is 35.0. The molecular formula is C3H6S3. The molecule has 0 amide bonds. The third-order valence-corrected chi connectivity index (χ3v) is 2.39.